The molecule has 1 saturated heterocycles. The second-order valence-corrected chi connectivity index (χ2v) is 6.53. The van der Waals surface area contributed by atoms with Crippen LogP contribution in [0.15, 0.2) is 48.2 Å². The standard InChI is InChI=1S/C21H19N3O6/c1-28-16-5-3-2-4-14(16)22-19(25)12-24-20(26)15(23-21(24)27)10-13-6-7-17-18(11-13)30-9-8-29-17/h2-7,10-11H,8-9,12H2,1H3,(H,22,25)(H,23,27)/b15-10+. The van der Waals surface area contributed by atoms with Gasteiger partial charge in [0.25, 0.3) is 5.91 Å². The number of nitrogens with one attached hydrogen (secondary N) is 2. The number of carbonyl (C=O) groups excluding carboxylic acids is 3. The second-order valence-electron chi connectivity index (χ2n) is 6.53. The number of amides is 4. The molecule has 0 spiro atoms. The van der Waals surface area contributed by atoms with E-state index in [-0.39, 0.29) is 5.70 Å². The van der Waals surface area contributed by atoms with Gasteiger partial charge in [0.15, 0.2) is 11.5 Å². The van der Waals surface area contributed by atoms with Gasteiger partial charge < -0.3 is 24.8 Å². The molecule has 1 fully saturated rings. The molecule has 0 bridgehead atoms. The number of rotatable bonds is 5. The van der Waals surface area contributed by atoms with Gasteiger partial charge in [-0.3, -0.25) is 9.59 Å². The lowest BCUT2D eigenvalue weighted by Gasteiger charge is -2.18. The Balaban J connectivity index is 1.46. The minimum atomic E-state index is -0.668. The SMILES string of the molecule is COc1ccccc1NC(=O)CN1C(=O)N/C(=C/c2ccc3c(c2)OCCO3)C1=O. The Morgan fingerprint density at radius 3 is 2.73 bits per heavy atom. The van der Waals surface area contributed by atoms with E-state index < -0.39 is 24.4 Å². The largest absolute Gasteiger partial charge is 0.495 e. The molecule has 0 aromatic heterocycles. The Morgan fingerprint density at radius 2 is 1.93 bits per heavy atom. The molecular formula is C21H19N3O6. The number of hydrogen-bond acceptors (Lipinski definition) is 6. The number of imide groups is 1. The summed E-state index contributed by atoms with van der Waals surface area (Å²) >= 11 is 0. The molecule has 30 heavy (non-hydrogen) atoms. The number of carbonyl (C=O) groups is 3. The van der Waals surface area contributed by atoms with Crippen molar-refractivity contribution in [3.8, 4) is 17.2 Å². The number of ether oxygens (including phenoxy) is 3. The van der Waals surface area contributed by atoms with Gasteiger partial charge in [-0.2, -0.15) is 0 Å². The van der Waals surface area contributed by atoms with Crippen LogP contribution < -0.4 is 24.8 Å². The Bertz CT molecular complexity index is 1050. The fourth-order valence-electron chi connectivity index (χ4n) is 3.11. The van der Waals surface area contributed by atoms with Crippen molar-refractivity contribution in [1.29, 1.82) is 0 Å². The van der Waals surface area contributed by atoms with Crippen molar-refractivity contribution in [3.63, 3.8) is 0 Å². The van der Waals surface area contributed by atoms with Crippen molar-refractivity contribution in [2.24, 2.45) is 0 Å². The first-order valence-electron chi connectivity index (χ1n) is 9.22. The number of hydrogen-bond donors (Lipinski definition) is 2. The van der Waals surface area contributed by atoms with E-state index in [0.29, 0.717) is 41.7 Å². The molecule has 154 valence electrons. The van der Waals surface area contributed by atoms with Gasteiger partial charge in [-0.1, -0.05) is 18.2 Å². The maximum atomic E-state index is 12.6. The van der Waals surface area contributed by atoms with Crippen LogP contribution in [0.2, 0.25) is 0 Å². The second kappa shape index (κ2) is 8.16. The molecule has 9 heteroatoms. The molecule has 0 aliphatic carbocycles. The van der Waals surface area contributed by atoms with Crippen LogP contribution in [-0.2, 0) is 9.59 Å². The number of urea groups is 1. The minimum Gasteiger partial charge on any atom is -0.495 e. The molecule has 2 N–H and O–H groups in total. The summed E-state index contributed by atoms with van der Waals surface area (Å²) in [7, 11) is 1.48. The zero-order valence-corrected chi connectivity index (χ0v) is 16.1. The molecule has 2 aromatic rings. The van der Waals surface area contributed by atoms with Gasteiger partial charge in [-0.25, -0.2) is 9.69 Å². The first kappa shape index (κ1) is 19.3. The molecule has 0 atom stereocenters. The van der Waals surface area contributed by atoms with Crippen LogP contribution >= 0.6 is 0 Å². The maximum Gasteiger partial charge on any atom is 0.329 e. The molecule has 4 amide bonds. The van der Waals surface area contributed by atoms with E-state index >= 15 is 0 Å². The molecule has 2 aromatic carbocycles. The summed E-state index contributed by atoms with van der Waals surface area (Å²) in [4.78, 5) is 38.1. The average Bonchev–Trinajstić information content (AvgIpc) is 3.01. The Labute approximate surface area is 172 Å². The van der Waals surface area contributed by atoms with E-state index in [4.69, 9.17) is 14.2 Å². The van der Waals surface area contributed by atoms with Crippen molar-refractivity contribution in [3.05, 3.63) is 53.7 Å². The van der Waals surface area contributed by atoms with E-state index in [0.717, 1.165) is 4.90 Å². The van der Waals surface area contributed by atoms with Gasteiger partial charge in [-0.15, -0.1) is 0 Å². The van der Waals surface area contributed by atoms with Crippen molar-refractivity contribution in [1.82, 2.24) is 10.2 Å². The van der Waals surface area contributed by atoms with Crippen molar-refractivity contribution < 1.29 is 28.6 Å². The van der Waals surface area contributed by atoms with Gasteiger partial charge in [0.2, 0.25) is 5.91 Å². The quantitative estimate of drug-likeness (QED) is 0.578. The molecule has 2 aliphatic heterocycles. The van der Waals surface area contributed by atoms with Crippen LogP contribution in [0.25, 0.3) is 6.08 Å². The highest BCUT2D eigenvalue weighted by atomic mass is 16.6. The Hall–Kier alpha value is -4.01. The topological polar surface area (TPSA) is 106 Å². The predicted octanol–water partition coefficient (Wildman–Crippen LogP) is 2.00. The van der Waals surface area contributed by atoms with Crippen LogP contribution in [-0.4, -0.2) is 49.6 Å². The molecule has 0 unspecified atom stereocenters. The van der Waals surface area contributed by atoms with E-state index in [2.05, 4.69) is 10.6 Å². The van der Waals surface area contributed by atoms with Crippen molar-refractivity contribution in [2.75, 3.05) is 32.2 Å². The Morgan fingerprint density at radius 1 is 1.17 bits per heavy atom. The summed E-state index contributed by atoms with van der Waals surface area (Å²) in [5, 5.41) is 5.14. The lowest BCUT2D eigenvalue weighted by Crippen LogP contribution is -2.38. The highest BCUT2D eigenvalue weighted by molar-refractivity contribution is 6.16. The third kappa shape index (κ3) is 3.90. The van der Waals surface area contributed by atoms with E-state index in [9.17, 15) is 14.4 Å². The highest BCUT2D eigenvalue weighted by Crippen LogP contribution is 2.31. The summed E-state index contributed by atoms with van der Waals surface area (Å²) in [5.74, 6) is 0.552. The number of methoxy groups -OCH3 is 1. The molecule has 4 rings (SSSR count). The summed E-state index contributed by atoms with van der Waals surface area (Å²) in [6.45, 7) is 0.493. The average molecular weight is 409 g/mol. The lowest BCUT2D eigenvalue weighted by molar-refractivity contribution is -0.127. The number of para-hydroxylation sites is 2. The number of fused-ring (bicyclic) bond motifs is 1. The van der Waals surface area contributed by atoms with Gasteiger partial charge in [0, 0.05) is 0 Å². The zero-order valence-electron chi connectivity index (χ0n) is 16.1. The van der Waals surface area contributed by atoms with Gasteiger partial charge in [-0.05, 0) is 35.9 Å². The van der Waals surface area contributed by atoms with Crippen LogP contribution in [0.4, 0.5) is 10.5 Å². The summed E-state index contributed by atoms with van der Waals surface area (Å²) in [6.07, 6.45) is 1.52. The van der Waals surface area contributed by atoms with Crippen LogP contribution in [0.3, 0.4) is 0 Å². The molecule has 9 nitrogen and oxygen atoms in total. The summed E-state index contributed by atoms with van der Waals surface area (Å²) < 4.78 is 16.2. The van der Waals surface area contributed by atoms with Crippen LogP contribution in [0, 0.1) is 0 Å². The van der Waals surface area contributed by atoms with Crippen LogP contribution in [0.5, 0.6) is 17.2 Å². The smallest absolute Gasteiger partial charge is 0.329 e. The lowest BCUT2D eigenvalue weighted by atomic mass is 10.1. The van der Waals surface area contributed by atoms with Crippen LogP contribution in [0.1, 0.15) is 5.56 Å². The summed E-state index contributed by atoms with van der Waals surface area (Å²) in [6, 6.07) is 11.4. The molecule has 0 saturated carbocycles. The van der Waals surface area contributed by atoms with Crippen molar-refractivity contribution >= 4 is 29.6 Å². The third-order valence-electron chi connectivity index (χ3n) is 4.52. The number of nitrogens with zero attached hydrogens (tertiary/aromatic N) is 1. The van der Waals surface area contributed by atoms with E-state index in [1.165, 1.54) is 13.2 Å². The molecule has 0 radical (unpaired) electrons. The van der Waals surface area contributed by atoms with E-state index in [1.54, 1.807) is 42.5 Å². The van der Waals surface area contributed by atoms with Gasteiger partial charge in [0.05, 0.1) is 12.8 Å². The number of anilines is 1. The number of benzene rings is 2. The van der Waals surface area contributed by atoms with Gasteiger partial charge in [0.1, 0.15) is 31.2 Å². The predicted molar refractivity (Wildman–Crippen MR) is 107 cm³/mol. The fourth-order valence-corrected chi connectivity index (χ4v) is 3.11. The molecule has 2 aliphatic rings. The molecular weight excluding hydrogens is 390 g/mol. The Kier molecular flexibility index (Phi) is 5.25. The fraction of sp³-hybridized carbons (Fsp3) is 0.190. The first-order chi connectivity index (χ1) is 14.5. The zero-order chi connectivity index (χ0) is 21.1. The summed E-state index contributed by atoms with van der Waals surface area (Å²) in [5.41, 5.74) is 1.18. The maximum absolute atomic E-state index is 12.6. The van der Waals surface area contributed by atoms with Crippen molar-refractivity contribution in [2.45, 2.75) is 0 Å². The minimum absolute atomic E-state index is 0.0711. The third-order valence-corrected chi connectivity index (χ3v) is 4.52. The highest BCUT2D eigenvalue weighted by Gasteiger charge is 2.35. The normalized spacial score (nSPS) is 16.4. The molecule has 2 heterocycles. The monoisotopic (exact) mass is 409 g/mol. The first-order valence-corrected chi connectivity index (χ1v) is 9.22. The van der Waals surface area contributed by atoms with Gasteiger partial charge >= 0.3 is 6.03 Å². The van der Waals surface area contributed by atoms with E-state index in [1.807, 2.05) is 0 Å².